The van der Waals surface area contributed by atoms with Crippen molar-refractivity contribution in [2.45, 2.75) is 31.2 Å². The van der Waals surface area contributed by atoms with Crippen LogP contribution < -0.4 is 5.56 Å². The van der Waals surface area contributed by atoms with Gasteiger partial charge in [0.15, 0.2) is 5.16 Å². The Morgan fingerprint density at radius 3 is 2.58 bits per heavy atom. The lowest BCUT2D eigenvalue weighted by atomic mass is 10.2. The summed E-state index contributed by atoms with van der Waals surface area (Å²) in [6, 6.07) is 13.5. The highest BCUT2D eigenvalue weighted by atomic mass is 32.2. The number of fused-ring (bicyclic) bond motifs is 1. The fourth-order valence-electron chi connectivity index (χ4n) is 4.09. The molecule has 1 amide bonds. The zero-order chi connectivity index (χ0) is 22.9. The number of hydrogen-bond donors (Lipinski definition) is 0. The van der Waals surface area contributed by atoms with Crippen LogP contribution in [0.5, 0.6) is 0 Å². The van der Waals surface area contributed by atoms with Crippen molar-refractivity contribution in [2.24, 2.45) is 0 Å². The van der Waals surface area contributed by atoms with Crippen molar-refractivity contribution >= 4 is 50.6 Å². The van der Waals surface area contributed by atoms with Crippen LogP contribution in [0.25, 0.3) is 26.3 Å². The van der Waals surface area contributed by atoms with E-state index in [-0.39, 0.29) is 29.4 Å². The third kappa shape index (κ3) is 4.50. The molecule has 4 heterocycles. The molecule has 6 nitrogen and oxygen atoms in total. The molecular formula is C24H23N3O3S3. The van der Waals surface area contributed by atoms with Gasteiger partial charge in [0.1, 0.15) is 4.83 Å². The molecule has 1 fully saturated rings. The quantitative estimate of drug-likeness (QED) is 0.290. The number of carbonyl (C=O) groups excluding carboxylic acids is 1. The van der Waals surface area contributed by atoms with Crippen LogP contribution in [0.4, 0.5) is 0 Å². The Bertz CT molecular complexity index is 1320. The van der Waals surface area contributed by atoms with E-state index in [1.807, 2.05) is 72.0 Å². The number of ether oxygens (including phenoxy) is 1. The topological polar surface area (TPSA) is 64.4 Å². The molecule has 0 aliphatic carbocycles. The number of hydrogen-bond acceptors (Lipinski definition) is 7. The number of benzene rings is 1. The molecule has 0 unspecified atom stereocenters. The van der Waals surface area contributed by atoms with Crippen molar-refractivity contribution in [1.82, 2.24) is 14.5 Å². The van der Waals surface area contributed by atoms with Gasteiger partial charge in [-0.3, -0.25) is 14.2 Å². The first-order valence-electron chi connectivity index (χ1n) is 10.7. The zero-order valence-electron chi connectivity index (χ0n) is 18.3. The van der Waals surface area contributed by atoms with E-state index in [2.05, 4.69) is 0 Å². The molecule has 0 spiro atoms. The van der Waals surface area contributed by atoms with E-state index in [0.29, 0.717) is 28.5 Å². The normalized spacial score (nSPS) is 18.7. The highest BCUT2D eigenvalue weighted by molar-refractivity contribution is 7.99. The largest absolute Gasteiger partial charge is 0.372 e. The van der Waals surface area contributed by atoms with Crippen molar-refractivity contribution in [2.75, 3.05) is 18.8 Å². The van der Waals surface area contributed by atoms with E-state index in [1.165, 1.54) is 23.1 Å². The van der Waals surface area contributed by atoms with Gasteiger partial charge in [-0.1, -0.05) is 36.0 Å². The minimum atomic E-state index is -0.112. The number of thiophene rings is 2. The van der Waals surface area contributed by atoms with Crippen molar-refractivity contribution in [1.29, 1.82) is 0 Å². The Labute approximate surface area is 203 Å². The SMILES string of the molecule is C[C@@H]1CN(C(=O)CSc2nc3scc(-c4cccs4)c3c(=O)n2-c2ccccc2)C[C@H](C)O1. The lowest BCUT2D eigenvalue weighted by molar-refractivity contribution is -0.140. The van der Waals surface area contributed by atoms with E-state index in [0.717, 1.165) is 16.1 Å². The van der Waals surface area contributed by atoms with Gasteiger partial charge in [-0.05, 0) is 37.4 Å². The summed E-state index contributed by atoms with van der Waals surface area (Å²) in [5.41, 5.74) is 1.54. The minimum Gasteiger partial charge on any atom is -0.372 e. The van der Waals surface area contributed by atoms with Crippen LogP contribution in [0.3, 0.4) is 0 Å². The average Bonchev–Trinajstić information content (AvgIpc) is 3.47. The van der Waals surface area contributed by atoms with Crippen LogP contribution in [-0.2, 0) is 9.53 Å². The average molecular weight is 498 g/mol. The highest BCUT2D eigenvalue weighted by Gasteiger charge is 2.26. The van der Waals surface area contributed by atoms with Gasteiger partial charge in [0.25, 0.3) is 5.56 Å². The number of rotatable bonds is 5. The van der Waals surface area contributed by atoms with Crippen molar-refractivity contribution in [3.05, 3.63) is 63.6 Å². The van der Waals surface area contributed by atoms with Crippen LogP contribution in [-0.4, -0.2) is 51.4 Å². The Kier molecular flexibility index (Phi) is 6.38. The smallest absolute Gasteiger partial charge is 0.268 e. The predicted molar refractivity (Wildman–Crippen MR) is 136 cm³/mol. The first kappa shape index (κ1) is 22.3. The first-order valence-corrected chi connectivity index (χ1v) is 13.5. The molecule has 2 atom stereocenters. The molecule has 0 saturated carbocycles. The number of para-hydroxylation sites is 1. The molecule has 33 heavy (non-hydrogen) atoms. The third-order valence-electron chi connectivity index (χ3n) is 5.48. The highest BCUT2D eigenvalue weighted by Crippen LogP contribution is 2.35. The summed E-state index contributed by atoms with van der Waals surface area (Å²) >= 11 is 4.38. The maximum Gasteiger partial charge on any atom is 0.268 e. The zero-order valence-corrected chi connectivity index (χ0v) is 20.7. The fraction of sp³-hybridized carbons (Fsp3) is 0.292. The summed E-state index contributed by atoms with van der Waals surface area (Å²) in [4.78, 5) is 35.2. The fourth-order valence-corrected chi connectivity index (χ4v) is 6.80. The number of carbonyl (C=O) groups is 1. The van der Waals surface area contributed by atoms with E-state index < -0.39 is 0 Å². The molecule has 4 aromatic rings. The number of morpholine rings is 1. The molecule has 1 aliphatic heterocycles. The molecule has 0 N–H and O–H groups in total. The standard InChI is InChI=1S/C24H23N3O3S3/c1-15-11-26(12-16(2)30-15)20(28)14-33-24-25-22-21(18(13-32-22)19-9-6-10-31-19)23(29)27(24)17-7-4-3-5-8-17/h3-10,13,15-16H,11-12,14H2,1-2H3/t15-,16+. The summed E-state index contributed by atoms with van der Waals surface area (Å²) in [7, 11) is 0. The second kappa shape index (κ2) is 9.42. The van der Waals surface area contributed by atoms with E-state index >= 15 is 0 Å². The van der Waals surface area contributed by atoms with Gasteiger partial charge in [-0.2, -0.15) is 0 Å². The third-order valence-corrected chi connectivity index (χ3v) is 8.17. The number of amides is 1. The molecule has 9 heteroatoms. The van der Waals surface area contributed by atoms with Crippen LogP contribution in [0.15, 0.2) is 63.2 Å². The number of thioether (sulfide) groups is 1. The second-order valence-corrected chi connectivity index (χ2v) is 10.8. The van der Waals surface area contributed by atoms with Crippen LogP contribution in [0.2, 0.25) is 0 Å². The Hall–Kier alpha value is -2.46. The molecule has 1 aromatic carbocycles. The maximum absolute atomic E-state index is 13.8. The maximum atomic E-state index is 13.8. The lowest BCUT2D eigenvalue weighted by Crippen LogP contribution is -2.48. The Morgan fingerprint density at radius 2 is 1.88 bits per heavy atom. The Balaban J connectivity index is 1.53. The molecule has 170 valence electrons. The first-order chi connectivity index (χ1) is 16.0. The molecule has 1 aliphatic rings. The van der Waals surface area contributed by atoms with Crippen LogP contribution in [0.1, 0.15) is 13.8 Å². The second-order valence-electron chi connectivity index (χ2n) is 8.02. The van der Waals surface area contributed by atoms with Gasteiger partial charge in [0.05, 0.1) is 29.0 Å². The molecule has 0 radical (unpaired) electrons. The molecule has 0 bridgehead atoms. The number of aromatic nitrogens is 2. The van der Waals surface area contributed by atoms with Gasteiger partial charge in [0.2, 0.25) is 5.91 Å². The summed E-state index contributed by atoms with van der Waals surface area (Å²) < 4.78 is 7.38. The van der Waals surface area contributed by atoms with Crippen molar-refractivity contribution < 1.29 is 9.53 Å². The van der Waals surface area contributed by atoms with E-state index in [1.54, 1.807) is 15.9 Å². The van der Waals surface area contributed by atoms with Gasteiger partial charge < -0.3 is 9.64 Å². The summed E-state index contributed by atoms with van der Waals surface area (Å²) in [5, 5.41) is 5.15. The monoisotopic (exact) mass is 497 g/mol. The summed E-state index contributed by atoms with van der Waals surface area (Å²) in [6.07, 6.45) is 0.0305. The van der Waals surface area contributed by atoms with E-state index in [4.69, 9.17) is 9.72 Å². The van der Waals surface area contributed by atoms with E-state index in [9.17, 15) is 9.59 Å². The summed E-state index contributed by atoms with van der Waals surface area (Å²) in [6.45, 7) is 5.12. The molecule has 3 aromatic heterocycles. The summed E-state index contributed by atoms with van der Waals surface area (Å²) in [5.74, 6) is 0.245. The molecule has 5 rings (SSSR count). The van der Waals surface area contributed by atoms with Gasteiger partial charge in [0, 0.05) is 28.9 Å². The van der Waals surface area contributed by atoms with Gasteiger partial charge in [-0.25, -0.2) is 4.98 Å². The van der Waals surface area contributed by atoms with Crippen LogP contribution >= 0.6 is 34.4 Å². The van der Waals surface area contributed by atoms with Crippen LogP contribution in [0, 0.1) is 0 Å². The molecule has 1 saturated heterocycles. The predicted octanol–water partition coefficient (Wildman–Crippen LogP) is 4.90. The van der Waals surface area contributed by atoms with Gasteiger partial charge >= 0.3 is 0 Å². The lowest BCUT2D eigenvalue weighted by Gasteiger charge is -2.35. The van der Waals surface area contributed by atoms with Gasteiger partial charge in [-0.15, -0.1) is 22.7 Å². The van der Waals surface area contributed by atoms with Crippen molar-refractivity contribution in [3.63, 3.8) is 0 Å². The minimum absolute atomic E-state index is 0.0152. The Morgan fingerprint density at radius 1 is 1.12 bits per heavy atom. The van der Waals surface area contributed by atoms with Crippen molar-refractivity contribution in [3.8, 4) is 16.1 Å². The number of nitrogens with zero attached hydrogens (tertiary/aromatic N) is 3. The molecular weight excluding hydrogens is 474 g/mol.